The highest BCUT2D eigenvalue weighted by Crippen LogP contribution is 2.33. The largest absolute Gasteiger partial charge is 0.489 e. The standard InChI is InChI=1S/C27H35N9O10S2/c1-27(2)22(24(38)36(27)46-48(41,42)43)32-23(37)21(19-15-47-26(30)31-19)33-45-20(25(39)40)14-44-18-6-4-16(5-7-18)17-12-34(10-3-8-28)35(13-17)11-9-29/h4-7,12-13,15,20,22H,3,8-11,14,28-29H2,1-2H3,(H4-,30,31,32,37,39,40,41,42,43)/p+1. The van der Waals surface area contributed by atoms with Gasteiger partial charge in [-0.05, 0) is 44.5 Å². The molecule has 0 radical (unpaired) electrons. The Labute approximate surface area is 278 Å². The summed E-state index contributed by atoms with van der Waals surface area (Å²) >= 11 is 0.957. The predicted octanol–water partition coefficient (Wildman–Crippen LogP) is -1.12. The van der Waals surface area contributed by atoms with Gasteiger partial charge >= 0.3 is 16.4 Å². The lowest BCUT2D eigenvalue weighted by atomic mass is 9.84. The van der Waals surface area contributed by atoms with Gasteiger partial charge in [-0.15, -0.1) is 20.3 Å². The first kappa shape index (κ1) is 36.2. The number of ether oxygens (including phenoxy) is 1. The minimum absolute atomic E-state index is 0.0566. The number of benzene rings is 1. The number of aliphatic carboxylic acids is 1. The molecule has 4 rings (SSSR count). The van der Waals surface area contributed by atoms with Crippen LogP contribution in [0.2, 0.25) is 0 Å². The summed E-state index contributed by atoms with van der Waals surface area (Å²) in [5.41, 5.74) is 16.9. The number of hydrogen-bond donors (Lipinski definition) is 6. The number of oxime groups is 1. The summed E-state index contributed by atoms with van der Waals surface area (Å²) in [5, 5.41) is 17.6. The van der Waals surface area contributed by atoms with Crippen molar-refractivity contribution < 1.29 is 51.0 Å². The van der Waals surface area contributed by atoms with Gasteiger partial charge in [-0.2, -0.15) is 18.2 Å². The van der Waals surface area contributed by atoms with Crippen LogP contribution in [0.15, 0.2) is 47.2 Å². The highest BCUT2D eigenvalue weighted by Gasteiger charge is 2.58. The molecule has 1 aromatic carbocycles. The zero-order valence-electron chi connectivity index (χ0n) is 25.9. The molecule has 1 aliphatic rings. The third kappa shape index (κ3) is 8.62. The van der Waals surface area contributed by atoms with Crippen molar-refractivity contribution in [3.05, 3.63) is 47.7 Å². The summed E-state index contributed by atoms with van der Waals surface area (Å²) in [6.07, 6.45) is 3.08. The number of nitrogen functional groups attached to an aromatic ring is 1. The number of aromatic nitrogens is 3. The van der Waals surface area contributed by atoms with Crippen molar-refractivity contribution in [1.29, 1.82) is 0 Å². The van der Waals surface area contributed by atoms with Gasteiger partial charge in [0.2, 0.25) is 6.20 Å². The molecule has 0 spiro atoms. The Balaban J connectivity index is 1.45. The summed E-state index contributed by atoms with van der Waals surface area (Å²) < 4.78 is 45.1. The van der Waals surface area contributed by atoms with Gasteiger partial charge in [-0.1, -0.05) is 17.3 Å². The monoisotopic (exact) mass is 710 g/mol. The summed E-state index contributed by atoms with van der Waals surface area (Å²) in [7, 11) is -5.02. The Morgan fingerprint density at radius 1 is 1.21 bits per heavy atom. The number of carbonyl (C=O) groups excluding carboxylic acids is 2. The Morgan fingerprint density at radius 2 is 1.92 bits per heavy atom. The number of anilines is 1. The van der Waals surface area contributed by atoms with E-state index in [1.54, 1.807) is 24.3 Å². The van der Waals surface area contributed by atoms with Crippen molar-refractivity contribution in [1.82, 2.24) is 20.0 Å². The van der Waals surface area contributed by atoms with E-state index >= 15 is 0 Å². The second-order valence-electron chi connectivity index (χ2n) is 10.9. The molecular weight excluding hydrogens is 674 g/mol. The van der Waals surface area contributed by atoms with E-state index in [1.165, 1.54) is 19.2 Å². The smallest absolute Gasteiger partial charge is 0.418 e. The van der Waals surface area contributed by atoms with Gasteiger partial charge in [0.05, 0.1) is 30.4 Å². The Morgan fingerprint density at radius 3 is 2.48 bits per heavy atom. The van der Waals surface area contributed by atoms with E-state index in [9.17, 15) is 27.9 Å². The number of hydroxylamine groups is 2. The molecule has 0 saturated carbocycles. The normalized spacial score (nSPS) is 16.7. The van der Waals surface area contributed by atoms with Gasteiger partial charge in [-0.3, -0.25) is 14.1 Å². The molecule has 21 heteroatoms. The lowest BCUT2D eigenvalue weighted by molar-refractivity contribution is -0.773. The van der Waals surface area contributed by atoms with Crippen LogP contribution in [0.1, 0.15) is 26.0 Å². The van der Waals surface area contributed by atoms with Crippen LogP contribution in [0.3, 0.4) is 0 Å². The number of amides is 2. The molecule has 1 aliphatic heterocycles. The van der Waals surface area contributed by atoms with Crippen molar-refractivity contribution in [2.24, 2.45) is 16.6 Å². The molecule has 2 unspecified atom stereocenters. The minimum Gasteiger partial charge on any atom is -0.489 e. The Bertz CT molecular complexity index is 1770. The molecule has 9 N–H and O–H groups in total. The zero-order valence-corrected chi connectivity index (χ0v) is 27.5. The first-order valence-corrected chi connectivity index (χ1v) is 16.6. The number of thiazole rings is 1. The minimum atomic E-state index is -5.02. The fourth-order valence-electron chi connectivity index (χ4n) is 4.62. The Hall–Kier alpha value is -4.67. The van der Waals surface area contributed by atoms with Crippen LogP contribution in [0.4, 0.5) is 5.13 Å². The lowest BCUT2D eigenvalue weighted by Crippen LogP contribution is -2.76. The molecule has 260 valence electrons. The molecule has 3 heterocycles. The van der Waals surface area contributed by atoms with Crippen LogP contribution < -0.4 is 31.9 Å². The molecule has 2 amide bonds. The van der Waals surface area contributed by atoms with Gasteiger partial charge < -0.3 is 37.2 Å². The second-order valence-corrected chi connectivity index (χ2v) is 12.8. The fourth-order valence-corrected chi connectivity index (χ4v) is 5.62. The van der Waals surface area contributed by atoms with Gasteiger partial charge in [-0.25, -0.2) is 9.78 Å². The Kier molecular flexibility index (Phi) is 11.3. The van der Waals surface area contributed by atoms with E-state index < -0.39 is 58.2 Å². The highest BCUT2D eigenvalue weighted by molar-refractivity contribution is 7.80. The van der Waals surface area contributed by atoms with E-state index in [0.717, 1.165) is 35.4 Å². The molecule has 3 aromatic rings. The van der Waals surface area contributed by atoms with Crippen LogP contribution in [0.25, 0.3) is 11.1 Å². The third-order valence-electron chi connectivity index (χ3n) is 7.09. The summed E-state index contributed by atoms with van der Waals surface area (Å²) in [5.74, 6) is -3.14. The van der Waals surface area contributed by atoms with Crippen LogP contribution in [-0.4, -0.2) is 93.7 Å². The molecule has 0 bridgehead atoms. The van der Waals surface area contributed by atoms with Gasteiger partial charge in [0, 0.05) is 5.38 Å². The zero-order chi connectivity index (χ0) is 35.2. The van der Waals surface area contributed by atoms with Crippen LogP contribution in [0, 0.1) is 0 Å². The first-order chi connectivity index (χ1) is 22.6. The fraction of sp³-hybridized carbons (Fsp3) is 0.407. The van der Waals surface area contributed by atoms with E-state index in [0.29, 0.717) is 30.4 Å². The van der Waals surface area contributed by atoms with Crippen molar-refractivity contribution in [2.45, 2.75) is 51.0 Å². The first-order valence-electron chi connectivity index (χ1n) is 14.4. The second kappa shape index (κ2) is 15.0. The maximum Gasteiger partial charge on any atom is 0.418 e. The van der Waals surface area contributed by atoms with E-state index in [1.807, 2.05) is 21.8 Å². The van der Waals surface area contributed by atoms with Crippen LogP contribution >= 0.6 is 11.3 Å². The summed E-state index contributed by atoms with van der Waals surface area (Å²) in [4.78, 5) is 46.9. The van der Waals surface area contributed by atoms with Crippen molar-refractivity contribution in [3.8, 4) is 16.9 Å². The average Bonchev–Trinajstić information content (AvgIpc) is 3.64. The number of carboxylic acids is 1. The van der Waals surface area contributed by atoms with Gasteiger partial charge in [0.25, 0.3) is 17.9 Å². The van der Waals surface area contributed by atoms with Crippen molar-refractivity contribution >= 4 is 50.4 Å². The topological polar surface area (TPSA) is 281 Å². The molecular formula is C27H36N9O10S2+. The average molecular weight is 711 g/mol. The number of carbonyl (C=O) groups is 3. The molecule has 48 heavy (non-hydrogen) atoms. The lowest BCUT2D eigenvalue weighted by Gasteiger charge is -2.50. The molecule has 19 nitrogen and oxygen atoms in total. The maximum atomic E-state index is 13.2. The number of nitrogens with one attached hydrogen (secondary N) is 1. The SMILES string of the molecule is CC1(C)C(NC(=O)C(=NOC(COc2ccc(-c3cn(CCCN)[n+](CCN)c3)cc2)C(=O)O)c2csc(N)n2)C(=O)N1OS(=O)(=O)O. The highest BCUT2D eigenvalue weighted by atomic mass is 32.3. The number of rotatable bonds is 17. The van der Waals surface area contributed by atoms with E-state index in [2.05, 4.69) is 19.7 Å². The number of hydrogen-bond acceptors (Lipinski definition) is 14. The molecule has 2 aromatic heterocycles. The number of carboxylic acid groups (broad SMARTS) is 1. The quantitative estimate of drug-likeness (QED) is 0.0318. The van der Waals surface area contributed by atoms with Gasteiger partial charge in [0.15, 0.2) is 17.4 Å². The maximum absolute atomic E-state index is 13.2. The molecule has 0 aliphatic carbocycles. The number of aryl methyl sites for hydroxylation is 1. The van der Waals surface area contributed by atoms with Gasteiger partial charge in [0.1, 0.15) is 24.1 Å². The predicted molar refractivity (Wildman–Crippen MR) is 169 cm³/mol. The third-order valence-corrected chi connectivity index (χ3v) is 8.10. The van der Waals surface area contributed by atoms with E-state index in [-0.39, 0.29) is 10.8 Å². The number of nitrogens with zero attached hydrogens (tertiary/aromatic N) is 5. The number of nitrogens with two attached hydrogens (primary N) is 3. The van der Waals surface area contributed by atoms with E-state index in [4.69, 9.17) is 31.3 Å². The van der Waals surface area contributed by atoms with Crippen molar-refractivity contribution in [2.75, 3.05) is 25.4 Å². The summed E-state index contributed by atoms with van der Waals surface area (Å²) in [6.45, 7) is 4.60. The summed E-state index contributed by atoms with van der Waals surface area (Å²) in [6, 6.07) is 5.60. The van der Waals surface area contributed by atoms with Crippen molar-refractivity contribution in [3.63, 3.8) is 0 Å². The number of β-lactam (4-membered cyclic amide) rings is 1. The molecule has 2 atom stereocenters. The molecule has 1 fully saturated rings. The van der Waals surface area contributed by atoms with Crippen LogP contribution in [0.5, 0.6) is 5.75 Å². The molecule has 1 saturated heterocycles. The van der Waals surface area contributed by atoms with Crippen LogP contribution in [-0.2, 0) is 47.0 Å².